The van der Waals surface area contributed by atoms with E-state index >= 15 is 0 Å². The second kappa shape index (κ2) is 8.70. The Bertz CT molecular complexity index is 1140. The van der Waals surface area contributed by atoms with Crippen molar-refractivity contribution in [1.29, 1.82) is 0 Å². The van der Waals surface area contributed by atoms with E-state index in [0.29, 0.717) is 11.3 Å². The van der Waals surface area contributed by atoms with Crippen molar-refractivity contribution >= 4 is 39.2 Å². The second-order valence-electron chi connectivity index (χ2n) is 8.54. The summed E-state index contributed by atoms with van der Waals surface area (Å²) in [5, 5.41) is 2.78. The predicted octanol–water partition coefficient (Wildman–Crippen LogP) is 2.28. The van der Waals surface area contributed by atoms with Crippen LogP contribution in [0.5, 0.6) is 0 Å². The summed E-state index contributed by atoms with van der Waals surface area (Å²) in [5.74, 6) is -1.16. The maximum Gasteiger partial charge on any atom is 0.340 e. The summed E-state index contributed by atoms with van der Waals surface area (Å²) in [7, 11) is -3.49. The lowest BCUT2D eigenvalue weighted by Gasteiger charge is -2.27. The summed E-state index contributed by atoms with van der Waals surface area (Å²) >= 11 is 0. The van der Waals surface area contributed by atoms with Crippen LogP contribution in [0.1, 0.15) is 38.1 Å². The molecule has 0 radical (unpaired) electrons. The van der Waals surface area contributed by atoms with E-state index in [1.807, 2.05) is 0 Å². The number of amides is 1. The molecule has 1 aromatic rings. The Labute approximate surface area is 186 Å². The normalized spacial score (nSPS) is 18.1. The van der Waals surface area contributed by atoms with Crippen molar-refractivity contribution < 1.29 is 27.5 Å². The highest BCUT2D eigenvalue weighted by Crippen LogP contribution is 2.20. The number of ether oxygens (including phenoxy) is 1. The van der Waals surface area contributed by atoms with Crippen LogP contribution < -0.4 is 5.32 Å². The summed E-state index contributed by atoms with van der Waals surface area (Å²) in [6.07, 6.45) is 3.25. The first-order chi connectivity index (χ1) is 14.9. The van der Waals surface area contributed by atoms with Crippen LogP contribution in [0.2, 0.25) is 0 Å². The molecule has 10 heteroatoms. The smallest absolute Gasteiger partial charge is 0.340 e. The van der Waals surface area contributed by atoms with Gasteiger partial charge in [-0.2, -0.15) is 0 Å². The molecule has 2 aliphatic rings. The molecule has 0 fully saturated rings. The zero-order chi connectivity index (χ0) is 23.7. The lowest BCUT2D eigenvalue weighted by atomic mass is 9.95. The van der Waals surface area contributed by atoms with E-state index in [-0.39, 0.29) is 29.6 Å². The summed E-state index contributed by atoms with van der Waals surface area (Å²) in [5.41, 5.74) is 0.532. The van der Waals surface area contributed by atoms with Gasteiger partial charge in [0.2, 0.25) is 11.7 Å². The van der Waals surface area contributed by atoms with Gasteiger partial charge in [-0.3, -0.25) is 9.59 Å². The molecule has 1 unspecified atom stereocenters. The molecule has 1 N–H and O–H groups in total. The molecule has 1 aromatic carbocycles. The number of anilines is 1. The number of carbonyl (C=O) groups is 3. The summed E-state index contributed by atoms with van der Waals surface area (Å²) in [6.45, 7) is 7.05. The van der Waals surface area contributed by atoms with Crippen molar-refractivity contribution in [3.8, 4) is 0 Å². The molecular formula is C22H25N3O6S. The standard InChI is InChI=1S/C22H25N3O6S/c1-14(19(26)15-5-8-17(9-6-15)23-21(28)22(2,3)4)31-20(27)16-7-10-18-24-32(29,30)12-11-25(18)13-16/h5-10,13-14H,11-12H2,1-4H3,(H,23,28). The van der Waals surface area contributed by atoms with E-state index in [1.165, 1.54) is 25.3 Å². The summed E-state index contributed by atoms with van der Waals surface area (Å²) in [4.78, 5) is 38.8. The molecule has 1 atom stereocenters. The Hall–Kier alpha value is -3.27. The number of hydrogen-bond acceptors (Lipinski definition) is 7. The average Bonchev–Trinajstić information content (AvgIpc) is 2.72. The third-order valence-corrected chi connectivity index (χ3v) is 5.98. The van der Waals surface area contributed by atoms with Gasteiger partial charge in [-0.25, -0.2) is 13.2 Å². The Morgan fingerprint density at radius 3 is 2.41 bits per heavy atom. The van der Waals surface area contributed by atoms with Gasteiger partial charge in [-0.05, 0) is 43.3 Å². The van der Waals surface area contributed by atoms with Crippen molar-refractivity contribution in [3.05, 3.63) is 53.8 Å². The lowest BCUT2D eigenvalue weighted by molar-refractivity contribution is -0.141. The highest BCUT2D eigenvalue weighted by Gasteiger charge is 2.27. The number of Topliss-reactive ketones (excluding diaryl/α,β-unsaturated/α-hetero) is 1. The van der Waals surface area contributed by atoms with Gasteiger partial charge >= 0.3 is 5.97 Å². The third kappa shape index (κ3) is 5.50. The first-order valence-electron chi connectivity index (χ1n) is 10.0. The van der Waals surface area contributed by atoms with Crippen LogP contribution in [-0.2, 0) is 24.3 Å². The number of benzene rings is 1. The Morgan fingerprint density at radius 2 is 1.78 bits per heavy atom. The molecular weight excluding hydrogens is 434 g/mol. The zero-order valence-corrected chi connectivity index (χ0v) is 19.1. The number of rotatable bonds is 5. The molecule has 2 aliphatic heterocycles. The van der Waals surface area contributed by atoms with Crippen molar-refractivity contribution in [2.45, 2.75) is 33.8 Å². The average molecular weight is 460 g/mol. The van der Waals surface area contributed by atoms with Crippen LogP contribution in [0.25, 0.3) is 0 Å². The predicted molar refractivity (Wildman–Crippen MR) is 120 cm³/mol. The minimum Gasteiger partial charge on any atom is -0.451 e. The number of hydrogen-bond donors (Lipinski definition) is 1. The molecule has 0 saturated heterocycles. The van der Waals surface area contributed by atoms with Gasteiger partial charge in [0.15, 0.2) is 6.10 Å². The molecule has 0 aliphatic carbocycles. The van der Waals surface area contributed by atoms with E-state index in [9.17, 15) is 22.8 Å². The molecule has 3 rings (SSSR count). The zero-order valence-electron chi connectivity index (χ0n) is 18.3. The topological polar surface area (TPSA) is 122 Å². The van der Waals surface area contributed by atoms with Crippen LogP contribution >= 0.6 is 0 Å². The van der Waals surface area contributed by atoms with Gasteiger partial charge in [0.1, 0.15) is 5.84 Å². The van der Waals surface area contributed by atoms with E-state index in [1.54, 1.807) is 49.9 Å². The monoisotopic (exact) mass is 459 g/mol. The molecule has 1 amide bonds. The number of amidine groups is 1. The van der Waals surface area contributed by atoms with Gasteiger partial charge in [0.25, 0.3) is 10.0 Å². The minimum absolute atomic E-state index is 0.146. The quantitative estimate of drug-likeness (QED) is 0.529. The first-order valence-corrected chi connectivity index (χ1v) is 11.6. The summed E-state index contributed by atoms with van der Waals surface area (Å²) < 4.78 is 32.1. The fraction of sp³-hybridized carbons (Fsp3) is 0.364. The number of ketones is 1. The SMILES string of the molecule is CC(OC(=O)C1=CN2CCS(=O)(=O)N=C2C=C1)C(=O)c1ccc(NC(=O)C(C)(C)C)cc1. The minimum atomic E-state index is -3.49. The van der Waals surface area contributed by atoms with Crippen LogP contribution in [0.15, 0.2) is 52.6 Å². The number of sulfonamides is 1. The van der Waals surface area contributed by atoms with Gasteiger partial charge in [0.05, 0.1) is 11.3 Å². The fourth-order valence-corrected chi connectivity index (χ4v) is 3.84. The van der Waals surface area contributed by atoms with E-state index < -0.39 is 33.3 Å². The highest BCUT2D eigenvalue weighted by molar-refractivity contribution is 7.90. The molecule has 0 bridgehead atoms. The Morgan fingerprint density at radius 1 is 1.12 bits per heavy atom. The van der Waals surface area contributed by atoms with E-state index in [0.717, 1.165) is 0 Å². The van der Waals surface area contributed by atoms with Crippen molar-refractivity contribution in [2.24, 2.45) is 9.81 Å². The van der Waals surface area contributed by atoms with Crippen molar-refractivity contribution in [2.75, 3.05) is 17.6 Å². The van der Waals surface area contributed by atoms with Gasteiger partial charge in [-0.1, -0.05) is 20.8 Å². The van der Waals surface area contributed by atoms with Gasteiger partial charge in [-0.15, -0.1) is 4.40 Å². The molecule has 0 saturated carbocycles. The summed E-state index contributed by atoms with van der Waals surface area (Å²) in [6, 6.07) is 6.34. The largest absolute Gasteiger partial charge is 0.451 e. The Balaban J connectivity index is 1.62. The highest BCUT2D eigenvalue weighted by atomic mass is 32.2. The van der Waals surface area contributed by atoms with Crippen LogP contribution in [0.3, 0.4) is 0 Å². The molecule has 9 nitrogen and oxygen atoms in total. The Kier molecular flexibility index (Phi) is 6.36. The van der Waals surface area contributed by atoms with Crippen LogP contribution in [0.4, 0.5) is 5.69 Å². The lowest BCUT2D eigenvalue weighted by Crippen LogP contribution is -2.37. The van der Waals surface area contributed by atoms with Crippen molar-refractivity contribution in [1.82, 2.24) is 4.90 Å². The number of carbonyl (C=O) groups excluding carboxylic acids is 3. The van der Waals surface area contributed by atoms with Gasteiger partial charge in [0, 0.05) is 29.4 Å². The van der Waals surface area contributed by atoms with Gasteiger partial charge < -0.3 is 15.0 Å². The maximum absolute atomic E-state index is 12.7. The molecule has 32 heavy (non-hydrogen) atoms. The first kappa shape index (κ1) is 23.4. The van der Waals surface area contributed by atoms with E-state index in [4.69, 9.17) is 4.74 Å². The molecule has 0 aromatic heterocycles. The second-order valence-corrected chi connectivity index (χ2v) is 10.3. The van der Waals surface area contributed by atoms with Crippen LogP contribution in [0, 0.1) is 5.41 Å². The number of nitrogens with one attached hydrogen (secondary N) is 1. The fourth-order valence-electron chi connectivity index (χ4n) is 2.87. The number of nitrogens with zero attached hydrogens (tertiary/aromatic N) is 2. The third-order valence-electron chi connectivity index (χ3n) is 4.82. The molecule has 170 valence electrons. The molecule has 0 spiro atoms. The van der Waals surface area contributed by atoms with Crippen molar-refractivity contribution in [3.63, 3.8) is 0 Å². The van der Waals surface area contributed by atoms with E-state index in [2.05, 4.69) is 9.71 Å². The van der Waals surface area contributed by atoms with Crippen LogP contribution in [-0.4, -0.2) is 55.2 Å². The molecule has 2 heterocycles. The number of fused-ring (bicyclic) bond motifs is 1. The number of esters is 1. The maximum atomic E-state index is 12.7.